The van der Waals surface area contributed by atoms with E-state index in [9.17, 15) is 14.4 Å². The molecule has 1 aromatic carbocycles. The second kappa shape index (κ2) is 9.28. The second-order valence-electron chi connectivity index (χ2n) is 6.69. The third-order valence-corrected chi connectivity index (χ3v) is 5.76. The van der Waals surface area contributed by atoms with Gasteiger partial charge in [-0.1, -0.05) is 0 Å². The zero-order valence-electron chi connectivity index (χ0n) is 16.2. The number of hydrogen-bond acceptors (Lipinski definition) is 6. The minimum atomic E-state index is -1.22. The lowest BCUT2D eigenvalue weighted by Gasteiger charge is -2.13. The number of hydrazone groups is 1. The fourth-order valence-electron chi connectivity index (χ4n) is 3.00. The number of nitrogens with zero attached hydrogens (tertiary/aromatic N) is 4. The molecule has 2 aromatic rings. The molecule has 0 fully saturated rings. The van der Waals surface area contributed by atoms with Gasteiger partial charge in [0.2, 0.25) is 0 Å². The van der Waals surface area contributed by atoms with E-state index in [1.165, 1.54) is 18.3 Å². The van der Waals surface area contributed by atoms with Gasteiger partial charge in [0.25, 0.3) is 11.8 Å². The van der Waals surface area contributed by atoms with Crippen molar-refractivity contribution in [3.05, 3.63) is 50.8 Å². The van der Waals surface area contributed by atoms with E-state index in [-0.39, 0.29) is 12.3 Å². The SMILES string of the molecule is C/C(=N\NC(=O)Cn1c2c(sc1=NC(=O)c1ccc(C#N)cc1)CCCC2)C(=O)O. The number of carboxylic acid groups (broad SMARTS) is 1. The number of aliphatic carboxylic acids is 1. The number of nitriles is 1. The van der Waals surface area contributed by atoms with Gasteiger partial charge in [-0.05, 0) is 56.9 Å². The van der Waals surface area contributed by atoms with Gasteiger partial charge in [-0.15, -0.1) is 11.3 Å². The van der Waals surface area contributed by atoms with Crippen molar-refractivity contribution in [2.45, 2.75) is 39.2 Å². The molecule has 2 amide bonds. The van der Waals surface area contributed by atoms with Crippen LogP contribution in [0.15, 0.2) is 34.4 Å². The van der Waals surface area contributed by atoms with Crippen molar-refractivity contribution in [1.29, 1.82) is 5.26 Å². The molecular formula is C20H19N5O4S. The molecule has 1 aliphatic rings. The lowest BCUT2D eigenvalue weighted by molar-refractivity contribution is -0.129. The van der Waals surface area contributed by atoms with Crippen molar-refractivity contribution < 1.29 is 19.5 Å². The number of aryl methyl sites for hydroxylation is 1. The molecule has 0 atom stereocenters. The number of aromatic nitrogens is 1. The molecule has 0 saturated carbocycles. The molecule has 1 heterocycles. The molecule has 154 valence electrons. The van der Waals surface area contributed by atoms with E-state index in [1.54, 1.807) is 28.8 Å². The van der Waals surface area contributed by atoms with Gasteiger partial charge >= 0.3 is 5.97 Å². The molecule has 0 aliphatic heterocycles. The number of hydrogen-bond donors (Lipinski definition) is 2. The average Bonchev–Trinajstić information content (AvgIpc) is 3.08. The third kappa shape index (κ3) is 4.87. The van der Waals surface area contributed by atoms with Gasteiger partial charge in [-0.25, -0.2) is 10.2 Å². The maximum Gasteiger partial charge on any atom is 0.351 e. The van der Waals surface area contributed by atoms with Crippen LogP contribution in [0, 0.1) is 11.3 Å². The molecule has 3 rings (SSSR count). The van der Waals surface area contributed by atoms with Crippen LogP contribution in [0.4, 0.5) is 0 Å². The van der Waals surface area contributed by atoms with E-state index in [2.05, 4.69) is 15.5 Å². The van der Waals surface area contributed by atoms with Crippen LogP contribution in [0.1, 0.15) is 46.3 Å². The Kier molecular flexibility index (Phi) is 6.54. The summed E-state index contributed by atoms with van der Waals surface area (Å²) in [7, 11) is 0. The molecular weight excluding hydrogens is 406 g/mol. The molecule has 0 bridgehead atoms. The fourth-order valence-corrected chi connectivity index (χ4v) is 4.21. The Morgan fingerprint density at radius 2 is 1.93 bits per heavy atom. The molecule has 30 heavy (non-hydrogen) atoms. The molecule has 9 nitrogen and oxygen atoms in total. The highest BCUT2D eigenvalue weighted by Gasteiger charge is 2.20. The van der Waals surface area contributed by atoms with Gasteiger partial charge in [0.15, 0.2) is 4.80 Å². The molecule has 0 spiro atoms. The number of fused-ring (bicyclic) bond motifs is 1. The van der Waals surface area contributed by atoms with E-state index in [0.717, 1.165) is 36.3 Å². The normalized spacial score (nSPS) is 14.0. The Hall–Kier alpha value is -3.58. The topological polar surface area (TPSA) is 137 Å². The Morgan fingerprint density at radius 1 is 1.23 bits per heavy atom. The highest BCUT2D eigenvalue weighted by molar-refractivity contribution is 7.09. The van der Waals surface area contributed by atoms with Crippen LogP contribution in [-0.2, 0) is 29.0 Å². The van der Waals surface area contributed by atoms with Gasteiger partial charge in [-0.3, -0.25) is 9.59 Å². The van der Waals surface area contributed by atoms with Gasteiger partial charge in [0, 0.05) is 16.1 Å². The number of carboxylic acids is 1. The predicted molar refractivity (Wildman–Crippen MR) is 109 cm³/mol. The summed E-state index contributed by atoms with van der Waals surface area (Å²) in [5.74, 6) is -2.19. The maximum absolute atomic E-state index is 12.6. The predicted octanol–water partition coefficient (Wildman–Crippen LogP) is 1.62. The maximum atomic E-state index is 12.6. The van der Waals surface area contributed by atoms with Gasteiger partial charge in [-0.2, -0.15) is 15.4 Å². The third-order valence-electron chi connectivity index (χ3n) is 4.58. The summed E-state index contributed by atoms with van der Waals surface area (Å²) in [5.41, 5.74) is 3.75. The zero-order chi connectivity index (χ0) is 21.7. The van der Waals surface area contributed by atoms with Crippen molar-refractivity contribution in [3.63, 3.8) is 0 Å². The second-order valence-corrected chi connectivity index (χ2v) is 7.75. The summed E-state index contributed by atoms with van der Waals surface area (Å²) in [4.78, 5) is 41.5. The number of rotatable bonds is 5. The van der Waals surface area contributed by atoms with Crippen molar-refractivity contribution in [3.8, 4) is 6.07 Å². The van der Waals surface area contributed by atoms with E-state index in [1.807, 2.05) is 6.07 Å². The standard InChI is InChI=1S/C20H19N5O4S/c1-12(19(28)29)23-24-17(26)11-25-15-4-2-3-5-16(15)30-20(25)22-18(27)14-8-6-13(10-21)7-9-14/h6-9H,2-5,11H2,1H3,(H,24,26)(H,28,29)/b22-20?,23-12+. The van der Waals surface area contributed by atoms with Crippen molar-refractivity contribution >= 4 is 34.8 Å². The summed E-state index contributed by atoms with van der Waals surface area (Å²) in [6.07, 6.45) is 3.64. The zero-order valence-corrected chi connectivity index (χ0v) is 17.0. The van der Waals surface area contributed by atoms with Crippen LogP contribution in [0.3, 0.4) is 0 Å². The average molecular weight is 425 g/mol. The number of benzene rings is 1. The molecule has 0 radical (unpaired) electrons. The Labute approximate surface area is 176 Å². The first-order valence-electron chi connectivity index (χ1n) is 9.26. The van der Waals surface area contributed by atoms with Crippen molar-refractivity contribution in [1.82, 2.24) is 9.99 Å². The van der Waals surface area contributed by atoms with Crippen molar-refractivity contribution in [2.24, 2.45) is 10.1 Å². The van der Waals surface area contributed by atoms with Gasteiger partial charge in [0.05, 0.1) is 11.6 Å². The highest BCUT2D eigenvalue weighted by atomic mass is 32.1. The van der Waals surface area contributed by atoms with Crippen LogP contribution >= 0.6 is 11.3 Å². The van der Waals surface area contributed by atoms with Crippen LogP contribution < -0.4 is 10.2 Å². The molecule has 0 saturated heterocycles. The minimum Gasteiger partial charge on any atom is -0.477 e. The number of carbonyl (C=O) groups excluding carboxylic acids is 2. The Bertz CT molecular complexity index is 1140. The first kappa shape index (κ1) is 21.1. The summed E-state index contributed by atoms with van der Waals surface area (Å²) >= 11 is 1.38. The largest absolute Gasteiger partial charge is 0.477 e. The molecule has 2 N–H and O–H groups in total. The van der Waals surface area contributed by atoms with E-state index < -0.39 is 17.8 Å². The Balaban J connectivity index is 1.91. The van der Waals surface area contributed by atoms with Crippen LogP contribution in [0.2, 0.25) is 0 Å². The highest BCUT2D eigenvalue weighted by Crippen LogP contribution is 2.23. The molecule has 1 aromatic heterocycles. The Morgan fingerprint density at radius 3 is 2.60 bits per heavy atom. The summed E-state index contributed by atoms with van der Waals surface area (Å²) < 4.78 is 1.70. The molecule has 0 unspecified atom stereocenters. The lowest BCUT2D eigenvalue weighted by Crippen LogP contribution is -2.31. The van der Waals surface area contributed by atoms with Crippen LogP contribution in [0.5, 0.6) is 0 Å². The summed E-state index contributed by atoms with van der Waals surface area (Å²) in [6.45, 7) is 1.15. The summed E-state index contributed by atoms with van der Waals surface area (Å²) in [6, 6.07) is 8.17. The van der Waals surface area contributed by atoms with Gasteiger partial charge < -0.3 is 9.67 Å². The van der Waals surface area contributed by atoms with E-state index in [4.69, 9.17) is 10.4 Å². The van der Waals surface area contributed by atoms with Gasteiger partial charge in [0.1, 0.15) is 12.3 Å². The molecule has 1 aliphatic carbocycles. The van der Waals surface area contributed by atoms with E-state index >= 15 is 0 Å². The van der Waals surface area contributed by atoms with Crippen LogP contribution in [-0.4, -0.2) is 33.2 Å². The quantitative estimate of drug-likeness (QED) is 0.554. The number of carbonyl (C=O) groups is 3. The number of thiazole rings is 1. The lowest BCUT2D eigenvalue weighted by atomic mass is 10.0. The smallest absolute Gasteiger partial charge is 0.351 e. The monoisotopic (exact) mass is 425 g/mol. The van der Waals surface area contributed by atoms with Crippen molar-refractivity contribution in [2.75, 3.05) is 0 Å². The number of amides is 2. The molecule has 10 heteroatoms. The van der Waals surface area contributed by atoms with E-state index in [0.29, 0.717) is 15.9 Å². The first-order valence-corrected chi connectivity index (χ1v) is 10.1. The van der Waals surface area contributed by atoms with Crippen LogP contribution in [0.25, 0.3) is 0 Å². The minimum absolute atomic E-state index is 0.123. The first-order chi connectivity index (χ1) is 14.4. The fraction of sp³-hybridized carbons (Fsp3) is 0.300. The summed E-state index contributed by atoms with van der Waals surface area (Å²) in [5, 5.41) is 21.3. The number of nitrogens with one attached hydrogen (secondary N) is 1.